The number of anilines is 3. The summed E-state index contributed by atoms with van der Waals surface area (Å²) < 4.78 is 0. The van der Waals surface area contributed by atoms with E-state index in [9.17, 15) is 9.59 Å². The summed E-state index contributed by atoms with van der Waals surface area (Å²) in [5, 5.41) is 9.29. The van der Waals surface area contributed by atoms with E-state index in [2.05, 4.69) is 27.0 Å². The van der Waals surface area contributed by atoms with Crippen molar-refractivity contribution in [2.45, 2.75) is 58.9 Å². The second-order valence-corrected chi connectivity index (χ2v) is 12.0. The van der Waals surface area contributed by atoms with Crippen molar-refractivity contribution in [3.05, 3.63) is 87.2 Å². The van der Waals surface area contributed by atoms with Gasteiger partial charge in [0.25, 0.3) is 11.8 Å². The monoisotopic (exact) mass is 539 g/mol. The van der Waals surface area contributed by atoms with E-state index in [1.54, 1.807) is 29.7 Å². The van der Waals surface area contributed by atoms with Gasteiger partial charge in [-0.15, -0.1) is 11.3 Å². The van der Waals surface area contributed by atoms with Crippen LogP contribution in [-0.2, 0) is 12.8 Å². The second kappa shape index (κ2) is 11.0. The molecule has 3 N–H and O–H groups in total. The normalized spacial score (nSPS) is 12.9. The minimum absolute atomic E-state index is 0.0701. The molecular weight excluding hydrogens is 506 g/mol. The molecule has 39 heavy (non-hydrogen) atoms. The minimum atomic E-state index is -0.302. The second-order valence-electron chi connectivity index (χ2n) is 10.9. The molecule has 2 heterocycles. The molecule has 2 aromatic carbocycles. The van der Waals surface area contributed by atoms with E-state index in [1.165, 1.54) is 23.3 Å². The number of carbonyl (C=O) groups excluding carboxylic acids is 2. The molecule has 0 atom stereocenters. The molecule has 0 fully saturated rings. The van der Waals surface area contributed by atoms with Crippen molar-refractivity contribution >= 4 is 40.5 Å². The fourth-order valence-corrected chi connectivity index (χ4v) is 5.80. The van der Waals surface area contributed by atoms with Gasteiger partial charge < -0.3 is 16.0 Å². The first-order chi connectivity index (χ1) is 18.7. The Balaban J connectivity index is 1.31. The maximum Gasteiger partial charge on any atom is 0.265 e. The zero-order valence-electron chi connectivity index (χ0n) is 22.7. The summed E-state index contributed by atoms with van der Waals surface area (Å²) in [7, 11) is 0. The lowest BCUT2D eigenvalue weighted by molar-refractivity contribution is 0.0919. The molecule has 0 bridgehead atoms. The number of rotatable bonds is 6. The van der Waals surface area contributed by atoms with E-state index >= 15 is 0 Å². The van der Waals surface area contributed by atoms with Gasteiger partial charge in [-0.3, -0.25) is 9.59 Å². The molecule has 1 aliphatic rings. The number of benzene rings is 2. The molecule has 8 heteroatoms. The van der Waals surface area contributed by atoms with Gasteiger partial charge >= 0.3 is 0 Å². The van der Waals surface area contributed by atoms with E-state index in [0.29, 0.717) is 11.5 Å². The van der Waals surface area contributed by atoms with Crippen molar-refractivity contribution in [3.8, 4) is 11.3 Å². The number of thiophene rings is 1. The Labute approximate surface area is 233 Å². The molecule has 0 saturated carbocycles. The molecule has 0 saturated heterocycles. The highest BCUT2D eigenvalue weighted by molar-refractivity contribution is 7.14. The summed E-state index contributed by atoms with van der Waals surface area (Å²) in [6.07, 6.45) is 6.24. The van der Waals surface area contributed by atoms with Crippen LogP contribution in [0.1, 0.15) is 69.6 Å². The molecule has 0 unspecified atom stereocenters. The number of hydrogen-bond acceptors (Lipinski definition) is 6. The van der Waals surface area contributed by atoms with E-state index in [1.807, 2.05) is 64.1 Å². The van der Waals surface area contributed by atoms with Crippen molar-refractivity contribution in [2.24, 2.45) is 0 Å². The Morgan fingerprint density at radius 3 is 2.46 bits per heavy atom. The van der Waals surface area contributed by atoms with Crippen LogP contribution in [-0.4, -0.2) is 27.3 Å². The lowest BCUT2D eigenvalue weighted by Gasteiger charge is -2.20. The van der Waals surface area contributed by atoms with Crippen LogP contribution < -0.4 is 16.0 Å². The third-order valence-electron chi connectivity index (χ3n) is 6.63. The highest BCUT2D eigenvalue weighted by Gasteiger charge is 2.19. The van der Waals surface area contributed by atoms with E-state index in [-0.39, 0.29) is 17.4 Å². The Hall–Kier alpha value is -4.04. The van der Waals surface area contributed by atoms with Gasteiger partial charge in [0.15, 0.2) is 0 Å². The number of aromatic nitrogens is 2. The highest BCUT2D eigenvalue weighted by atomic mass is 32.1. The van der Waals surface area contributed by atoms with Gasteiger partial charge in [0, 0.05) is 39.1 Å². The molecule has 5 rings (SSSR count). The molecular formula is C31H33N5O2S. The smallest absolute Gasteiger partial charge is 0.265 e. The number of carbonyl (C=O) groups is 2. The largest absolute Gasteiger partial charge is 0.347 e. The number of fused-ring (bicyclic) bond motifs is 1. The topological polar surface area (TPSA) is 96.0 Å². The van der Waals surface area contributed by atoms with Crippen LogP contribution in [0.5, 0.6) is 0 Å². The third kappa shape index (κ3) is 6.34. The van der Waals surface area contributed by atoms with Crippen LogP contribution in [0, 0.1) is 6.92 Å². The standard InChI is InChI=1S/C31H33N5O2S/c1-19-23(9-7-10-24(19)34-29(38)27-18-21-8-5-6-11-26(21)39-27)25-16-17-32-30(35-25)33-22-14-12-20(13-15-22)28(37)36-31(2,3)4/h7,9-10,12-18H,5-6,8,11H2,1-4H3,(H,34,38)(H,36,37)(H,32,33,35). The predicted octanol–water partition coefficient (Wildman–Crippen LogP) is 6.92. The number of nitrogens with one attached hydrogen (secondary N) is 3. The van der Waals surface area contributed by atoms with E-state index in [0.717, 1.165) is 45.9 Å². The number of aryl methyl sites for hydroxylation is 2. The fraction of sp³-hybridized carbons (Fsp3) is 0.290. The molecule has 1 aliphatic carbocycles. The number of hydrogen-bond donors (Lipinski definition) is 3. The van der Waals surface area contributed by atoms with Gasteiger partial charge in [0.1, 0.15) is 0 Å². The zero-order chi connectivity index (χ0) is 27.6. The Bertz CT molecular complexity index is 1500. The van der Waals surface area contributed by atoms with Crippen LogP contribution in [0.2, 0.25) is 0 Å². The quantitative estimate of drug-likeness (QED) is 0.247. The van der Waals surface area contributed by atoms with Crippen molar-refractivity contribution in [3.63, 3.8) is 0 Å². The summed E-state index contributed by atoms with van der Waals surface area (Å²) >= 11 is 1.61. The third-order valence-corrected chi connectivity index (χ3v) is 7.86. The van der Waals surface area contributed by atoms with E-state index in [4.69, 9.17) is 4.98 Å². The zero-order valence-corrected chi connectivity index (χ0v) is 23.5. The fourth-order valence-electron chi connectivity index (χ4n) is 4.65. The van der Waals surface area contributed by atoms with Gasteiger partial charge in [-0.25, -0.2) is 9.97 Å². The predicted molar refractivity (Wildman–Crippen MR) is 158 cm³/mol. The van der Waals surface area contributed by atoms with Gasteiger partial charge in [-0.2, -0.15) is 0 Å². The molecule has 7 nitrogen and oxygen atoms in total. The molecule has 2 amide bonds. The maximum absolute atomic E-state index is 13.1. The minimum Gasteiger partial charge on any atom is -0.347 e. The summed E-state index contributed by atoms with van der Waals surface area (Å²) in [4.78, 5) is 36.7. The molecule has 4 aromatic rings. The summed E-state index contributed by atoms with van der Waals surface area (Å²) in [6, 6.07) is 16.9. The van der Waals surface area contributed by atoms with Gasteiger partial charge in [0.05, 0.1) is 10.6 Å². The van der Waals surface area contributed by atoms with Crippen molar-refractivity contribution < 1.29 is 9.59 Å². The van der Waals surface area contributed by atoms with Gasteiger partial charge in [-0.05, 0) is 107 Å². The average Bonchev–Trinajstić information content (AvgIpc) is 3.34. The van der Waals surface area contributed by atoms with Gasteiger partial charge in [0.2, 0.25) is 5.95 Å². The van der Waals surface area contributed by atoms with Crippen molar-refractivity contribution in [1.29, 1.82) is 0 Å². The van der Waals surface area contributed by atoms with Crippen LogP contribution >= 0.6 is 11.3 Å². The van der Waals surface area contributed by atoms with Crippen LogP contribution in [0.25, 0.3) is 11.3 Å². The first-order valence-corrected chi connectivity index (χ1v) is 14.0. The van der Waals surface area contributed by atoms with Crippen LogP contribution in [0.4, 0.5) is 17.3 Å². The lowest BCUT2D eigenvalue weighted by Crippen LogP contribution is -2.40. The first kappa shape index (κ1) is 26.6. The van der Waals surface area contributed by atoms with Gasteiger partial charge in [-0.1, -0.05) is 12.1 Å². The average molecular weight is 540 g/mol. The van der Waals surface area contributed by atoms with Crippen molar-refractivity contribution in [1.82, 2.24) is 15.3 Å². The Morgan fingerprint density at radius 2 is 1.72 bits per heavy atom. The maximum atomic E-state index is 13.1. The van der Waals surface area contributed by atoms with Crippen molar-refractivity contribution in [2.75, 3.05) is 10.6 Å². The van der Waals surface area contributed by atoms with E-state index < -0.39 is 0 Å². The molecule has 0 aliphatic heterocycles. The molecule has 0 radical (unpaired) electrons. The summed E-state index contributed by atoms with van der Waals surface area (Å²) in [5.74, 6) is 0.255. The summed E-state index contributed by atoms with van der Waals surface area (Å²) in [6.45, 7) is 7.84. The molecule has 2 aromatic heterocycles. The highest BCUT2D eigenvalue weighted by Crippen LogP contribution is 2.32. The van der Waals surface area contributed by atoms with Crippen LogP contribution in [0.15, 0.2) is 60.8 Å². The molecule has 0 spiro atoms. The summed E-state index contributed by atoms with van der Waals surface area (Å²) in [5.41, 5.74) is 5.74. The number of nitrogens with zero attached hydrogens (tertiary/aromatic N) is 2. The Morgan fingerprint density at radius 1 is 0.949 bits per heavy atom. The Kier molecular flexibility index (Phi) is 7.48. The lowest BCUT2D eigenvalue weighted by atomic mass is 9.99. The first-order valence-electron chi connectivity index (χ1n) is 13.2. The van der Waals surface area contributed by atoms with Crippen LogP contribution in [0.3, 0.4) is 0 Å². The SMILES string of the molecule is Cc1c(NC(=O)c2cc3c(s2)CCCC3)cccc1-c1ccnc(Nc2ccc(C(=O)NC(C)(C)C)cc2)n1. The number of amides is 2. The molecule has 200 valence electrons.